The topological polar surface area (TPSA) is 35.5 Å². The lowest BCUT2D eigenvalue weighted by Gasteiger charge is -2.27. The summed E-state index contributed by atoms with van der Waals surface area (Å²) in [6.07, 6.45) is 3.52. The molecule has 0 radical (unpaired) electrons. The molecule has 0 aromatic heterocycles. The average molecular weight is 212 g/mol. The van der Waals surface area contributed by atoms with Crippen LogP contribution in [-0.4, -0.2) is 47.8 Å². The second-order valence-electron chi connectivity index (χ2n) is 5.51. The molecular formula is C12H24N2O. The molecule has 3 unspecified atom stereocenters. The Morgan fingerprint density at radius 2 is 2.27 bits per heavy atom. The minimum atomic E-state index is -0.506. The van der Waals surface area contributed by atoms with Gasteiger partial charge < -0.3 is 10.4 Å². The quantitative estimate of drug-likeness (QED) is 0.727. The van der Waals surface area contributed by atoms with Crippen LogP contribution in [0.5, 0.6) is 0 Å². The van der Waals surface area contributed by atoms with Gasteiger partial charge in [-0.1, -0.05) is 6.92 Å². The molecule has 2 aliphatic heterocycles. The minimum Gasteiger partial charge on any atom is -0.389 e. The van der Waals surface area contributed by atoms with E-state index in [1.807, 2.05) is 6.92 Å². The number of nitrogens with one attached hydrogen (secondary N) is 1. The summed E-state index contributed by atoms with van der Waals surface area (Å²) in [6.45, 7) is 8.32. The van der Waals surface area contributed by atoms with E-state index in [0.29, 0.717) is 6.04 Å². The molecule has 0 spiro atoms. The van der Waals surface area contributed by atoms with E-state index >= 15 is 0 Å². The van der Waals surface area contributed by atoms with Crippen molar-refractivity contribution in [3.8, 4) is 0 Å². The Kier molecular flexibility index (Phi) is 3.33. The fourth-order valence-electron chi connectivity index (χ4n) is 2.86. The summed E-state index contributed by atoms with van der Waals surface area (Å²) in [5.74, 6) is 0.825. The average Bonchev–Trinajstić information content (AvgIpc) is 2.58. The van der Waals surface area contributed by atoms with Crippen molar-refractivity contribution in [2.45, 2.75) is 44.8 Å². The molecule has 0 aromatic carbocycles. The molecule has 0 amide bonds. The van der Waals surface area contributed by atoms with Crippen LogP contribution in [0, 0.1) is 5.92 Å². The molecule has 88 valence electrons. The van der Waals surface area contributed by atoms with Gasteiger partial charge in [-0.25, -0.2) is 0 Å². The second-order valence-corrected chi connectivity index (χ2v) is 5.51. The van der Waals surface area contributed by atoms with Crippen LogP contribution in [0.15, 0.2) is 0 Å². The predicted octanol–water partition coefficient (Wildman–Crippen LogP) is 0.831. The molecule has 0 bridgehead atoms. The summed E-state index contributed by atoms with van der Waals surface area (Å²) in [6, 6.07) is 0.686. The zero-order chi connectivity index (χ0) is 10.9. The van der Waals surface area contributed by atoms with Gasteiger partial charge in [-0.3, -0.25) is 4.90 Å². The van der Waals surface area contributed by atoms with E-state index < -0.39 is 5.60 Å². The molecular weight excluding hydrogens is 188 g/mol. The first-order valence-electron chi connectivity index (χ1n) is 6.29. The van der Waals surface area contributed by atoms with E-state index in [2.05, 4.69) is 17.1 Å². The molecule has 2 rings (SSSR count). The third kappa shape index (κ3) is 2.71. The lowest BCUT2D eigenvalue weighted by Crippen LogP contribution is -2.42. The zero-order valence-corrected chi connectivity index (χ0v) is 10.00. The molecule has 3 atom stereocenters. The zero-order valence-electron chi connectivity index (χ0n) is 10.00. The highest BCUT2D eigenvalue weighted by Crippen LogP contribution is 2.26. The van der Waals surface area contributed by atoms with Gasteiger partial charge in [0.1, 0.15) is 0 Å². The molecule has 2 N–H and O–H groups in total. The lowest BCUT2D eigenvalue weighted by atomic mass is 9.94. The van der Waals surface area contributed by atoms with Gasteiger partial charge in [0, 0.05) is 25.7 Å². The molecule has 3 nitrogen and oxygen atoms in total. The smallest absolute Gasteiger partial charge is 0.0743 e. The standard InChI is InChI=1S/C12H24N2O/c1-3-12(2,15)9-14-7-10-5-4-6-13-11(10)8-14/h10-11,13,15H,3-9H2,1-2H3. The molecule has 0 saturated carbocycles. The summed E-state index contributed by atoms with van der Waals surface area (Å²) in [7, 11) is 0. The number of rotatable bonds is 3. The van der Waals surface area contributed by atoms with Crippen LogP contribution in [0.2, 0.25) is 0 Å². The van der Waals surface area contributed by atoms with E-state index in [4.69, 9.17) is 0 Å². The molecule has 0 aromatic rings. The summed E-state index contributed by atoms with van der Waals surface area (Å²) < 4.78 is 0. The van der Waals surface area contributed by atoms with Gasteiger partial charge in [0.25, 0.3) is 0 Å². The maximum absolute atomic E-state index is 10.1. The largest absolute Gasteiger partial charge is 0.389 e. The lowest BCUT2D eigenvalue weighted by molar-refractivity contribution is 0.0218. The molecule has 2 aliphatic rings. The van der Waals surface area contributed by atoms with Gasteiger partial charge in [0.2, 0.25) is 0 Å². The third-order valence-electron chi connectivity index (χ3n) is 4.00. The van der Waals surface area contributed by atoms with E-state index in [9.17, 15) is 5.11 Å². The number of aliphatic hydroxyl groups is 1. The summed E-state index contributed by atoms with van der Waals surface area (Å²) in [5.41, 5.74) is -0.506. The van der Waals surface area contributed by atoms with Crippen molar-refractivity contribution >= 4 is 0 Å². The highest BCUT2D eigenvalue weighted by Gasteiger charge is 2.36. The van der Waals surface area contributed by atoms with Crippen LogP contribution in [0.25, 0.3) is 0 Å². The Hall–Kier alpha value is -0.120. The Morgan fingerprint density at radius 1 is 1.47 bits per heavy atom. The van der Waals surface area contributed by atoms with Gasteiger partial charge in [0.05, 0.1) is 5.60 Å². The first kappa shape index (κ1) is 11.4. The van der Waals surface area contributed by atoms with Crippen molar-refractivity contribution in [1.82, 2.24) is 10.2 Å². The number of fused-ring (bicyclic) bond motifs is 1. The number of piperidine rings is 1. The van der Waals surface area contributed by atoms with Crippen LogP contribution in [0.1, 0.15) is 33.1 Å². The van der Waals surface area contributed by atoms with Gasteiger partial charge in [-0.05, 0) is 38.6 Å². The van der Waals surface area contributed by atoms with Crippen LogP contribution in [-0.2, 0) is 0 Å². The highest BCUT2D eigenvalue weighted by atomic mass is 16.3. The summed E-state index contributed by atoms with van der Waals surface area (Å²) in [5, 5.41) is 13.6. The van der Waals surface area contributed by atoms with Crippen molar-refractivity contribution < 1.29 is 5.11 Å². The first-order valence-corrected chi connectivity index (χ1v) is 6.29. The summed E-state index contributed by atoms with van der Waals surface area (Å²) in [4.78, 5) is 2.43. The fraction of sp³-hybridized carbons (Fsp3) is 1.00. The van der Waals surface area contributed by atoms with Gasteiger partial charge in [0.15, 0.2) is 0 Å². The monoisotopic (exact) mass is 212 g/mol. The van der Waals surface area contributed by atoms with Crippen molar-refractivity contribution in [2.75, 3.05) is 26.2 Å². The van der Waals surface area contributed by atoms with Crippen molar-refractivity contribution in [2.24, 2.45) is 5.92 Å². The van der Waals surface area contributed by atoms with Crippen molar-refractivity contribution in [3.05, 3.63) is 0 Å². The van der Waals surface area contributed by atoms with Crippen LogP contribution >= 0.6 is 0 Å². The van der Waals surface area contributed by atoms with E-state index in [0.717, 1.165) is 25.4 Å². The molecule has 2 fully saturated rings. The van der Waals surface area contributed by atoms with E-state index in [1.165, 1.54) is 25.9 Å². The number of hydrogen-bond donors (Lipinski definition) is 2. The maximum Gasteiger partial charge on any atom is 0.0743 e. The normalized spacial score (nSPS) is 36.2. The SMILES string of the molecule is CCC(C)(O)CN1CC2CCCNC2C1. The van der Waals surface area contributed by atoms with Crippen LogP contribution in [0.4, 0.5) is 0 Å². The Balaban J connectivity index is 1.86. The molecule has 2 saturated heterocycles. The number of likely N-dealkylation sites (tertiary alicyclic amines) is 1. The third-order valence-corrected chi connectivity index (χ3v) is 4.00. The van der Waals surface area contributed by atoms with Gasteiger partial charge >= 0.3 is 0 Å². The highest BCUT2D eigenvalue weighted by molar-refractivity contribution is 4.93. The van der Waals surface area contributed by atoms with Crippen molar-refractivity contribution in [3.63, 3.8) is 0 Å². The Morgan fingerprint density at radius 3 is 2.93 bits per heavy atom. The molecule has 0 aliphatic carbocycles. The van der Waals surface area contributed by atoms with E-state index in [1.54, 1.807) is 0 Å². The molecule has 3 heteroatoms. The van der Waals surface area contributed by atoms with Crippen molar-refractivity contribution in [1.29, 1.82) is 0 Å². The maximum atomic E-state index is 10.1. The number of nitrogens with zero attached hydrogens (tertiary/aromatic N) is 1. The predicted molar refractivity (Wildman–Crippen MR) is 61.9 cm³/mol. The van der Waals surface area contributed by atoms with Gasteiger partial charge in [-0.15, -0.1) is 0 Å². The van der Waals surface area contributed by atoms with Crippen LogP contribution in [0.3, 0.4) is 0 Å². The number of hydrogen-bond acceptors (Lipinski definition) is 3. The number of β-amino-alcohol motifs (C(OH)–C–C–N with tert-alkyl or cyclic N) is 1. The van der Waals surface area contributed by atoms with Crippen LogP contribution < -0.4 is 5.32 Å². The fourth-order valence-corrected chi connectivity index (χ4v) is 2.86. The van der Waals surface area contributed by atoms with E-state index in [-0.39, 0.29) is 0 Å². The molecule has 15 heavy (non-hydrogen) atoms. The Bertz CT molecular complexity index is 204. The minimum absolute atomic E-state index is 0.506. The molecule has 2 heterocycles. The second kappa shape index (κ2) is 4.40. The Labute approximate surface area is 92.8 Å². The first-order chi connectivity index (χ1) is 7.11. The summed E-state index contributed by atoms with van der Waals surface area (Å²) >= 11 is 0. The van der Waals surface area contributed by atoms with Gasteiger partial charge in [-0.2, -0.15) is 0 Å².